The second-order valence-electron chi connectivity index (χ2n) is 10.5. The third-order valence-corrected chi connectivity index (χ3v) is 8.46. The quantitative estimate of drug-likeness (QED) is 0.490. The highest BCUT2D eigenvalue weighted by Gasteiger charge is 2.69. The van der Waals surface area contributed by atoms with E-state index in [0.29, 0.717) is 24.3 Å². The van der Waals surface area contributed by atoms with Crippen molar-refractivity contribution in [3.8, 4) is 11.5 Å². The molecule has 0 aromatic heterocycles. The van der Waals surface area contributed by atoms with E-state index in [-0.39, 0.29) is 36.9 Å². The highest BCUT2D eigenvalue weighted by Crippen LogP contribution is 2.62. The molecule has 2 aliphatic heterocycles. The van der Waals surface area contributed by atoms with Crippen LogP contribution in [0.1, 0.15) is 49.0 Å². The van der Waals surface area contributed by atoms with Crippen molar-refractivity contribution in [1.29, 1.82) is 0 Å². The van der Waals surface area contributed by atoms with E-state index in [2.05, 4.69) is 4.90 Å². The standard InChI is InChI=1S/C29H34N2O7/c1-17-9-10-20(32)25-23(17)28-14-16-31(3)18(2)29(28,35)13-11-21(26(28)38-25)36-27(34)24(37-22(33)12-15-30)19-7-5-4-6-8-19/h4-11,18,24,26,32,35H,12-16,30H2,1-3H3/t18-,24-,26?,28?,29-/m1/s1. The number of phenols is 1. The Hall–Kier alpha value is -3.40. The molecule has 5 rings (SSSR count). The Kier molecular flexibility index (Phi) is 6.71. The number of phenolic OH excluding ortho intramolecular Hbond substituents is 1. The third-order valence-electron chi connectivity index (χ3n) is 8.46. The van der Waals surface area contributed by atoms with Gasteiger partial charge in [0.05, 0.1) is 17.4 Å². The summed E-state index contributed by atoms with van der Waals surface area (Å²) in [7, 11) is 1.97. The van der Waals surface area contributed by atoms with Crippen molar-refractivity contribution in [2.75, 3.05) is 20.1 Å². The summed E-state index contributed by atoms with van der Waals surface area (Å²) in [5.74, 6) is -0.914. The Labute approximate surface area is 221 Å². The van der Waals surface area contributed by atoms with Gasteiger partial charge in [0.2, 0.25) is 6.10 Å². The first-order valence-corrected chi connectivity index (χ1v) is 12.9. The number of aryl methyl sites for hydroxylation is 1. The van der Waals surface area contributed by atoms with Crippen molar-refractivity contribution >= 4 is 11.9 Å². The number of hydrogen-bond donors (Lipinski definition) is 3. The minimum Gasteiger partial charge on any atom is -0.504 e. The number of benzene rings is 2. The van der Waals surface area contributed by atoms with Crippen LogP contribution in [0.15, 0.2) is 54.3 Å². The fourth-order valence-corrected chi connectivity index (χ4v) is 6.36. The van der Waals surface area contributed by atoms with Gasteiger partial charge in [0.25, 0.3) is 0 Å². The maximum absolute atomic E-state index is 13.6. The maximum Gasteiger partial charge on any atom is 0.357 e. The van der Waals surface area contributed by atoms with Crippen molar-refractivity contribution in [3.05, 3.63) is 71.0 Å². The number of carbonyl (C=O) groups is 2. The predicted octanol–water partition coefficient (Wildman–Crippen LogP) is 2.62. The Morgan fingerprint density at radius 3 is 2.68 bits per heavy atom. The van der Waals surface area contributed by atoms with Crippen LogP contribution >= 0.6 is 0 Å². The smallest absolute Gasteiger partial charge is 0.357 e. The molecule has 1 fully saturated rings. The Morgan fingerprint density at radius 1 is 1.24 bits per heavy atom. The molecular formula is C29H34N2O7. The Bertz CT molecular complexity index is 1280. The second kappa shape index (κ2) is 9.72. The van der Waals surface area contributed by atoms with Crippen molar-refractivity contribution in [2.45, 2.75) is 62.4 Å². The molecule has 38 heavy (non-hydrogen) atoms. The molecule has 0 saturated carbocycles. The minimum absolute atomic E-state index is 0.0353. The van der Waals surface area contributed by atoms with Crippen LogP contribution in [0.25, 0.3) is 0 Å². The molecule has 3 aliphatic rings. The number of likely N-dealkylation sites (tertiary alicyclic amines) is 1. The van der Waals surface area contributed by atoms with Gasteiger partial charge in [-0.2, -0.15) is 0 Å². The van der Waals surface area contributed by atoms with Crippen LogP contribution in [0.5, 0.6) is 11.5 Å². The van der Waals surface area contributed by atoms with Gasteiger partial charge in [-0.05, 0) is 51.6 Å². The van der Waals surface area contributed by atoms with E-state index in [1.807, 2.05) is 27.0 Å². The van der Waals surface area contributed by atoms with Gasteiger partial charge >= 0.3 is 11.9 Å². The lowest BCUT2D eigenvalue weighted by molar-refractivity contribution is -0.173. The largest absolute Gasteiger partial charge is 0.504 e. The summed E-state index contributed by atoms with van der Waals surface area (Å²) in [4.78, 5) is 28.0. The fraction of sp³-hybridized carbons (Fsp3) is 0.448. The fourth-order valence-electron chi connectivity index (χ4n) is 6.36. The van der Waals surface area contributed by atoms with Crippen LogP contribution in [-0.2, 0) is 24.5 Å². The molecule has 9 heteroatoms. The van der Waals surface area contributed by atoms with E-state index in [0.717, 1.165) is 11.1 Å². The van der Waals surface area contributed by atoms with Crippen molar-refractivity contribution in [3.63, 3.8) is 0 Å². The molecule has 1 aliphatic carbocycles. The van der Waals surface area contributed by atoms with E-state index < -0.39 is 35.2 Å². The lowest BCUT2D eigenvalue weighted by Crippen LogP contribution is -2.71. The number of esters is 2. The number of nitrogens with zero attached hydrogens (tertiary/aromatic N) is 1. The van der Waals surface area contributed by atoms with Crippen LogP contribution in [0.4, 0.5) is 0 Å². The number of carbonyl (C=O) groups excluding carboxylic acids is 2. The molecule has 2 aromatic carbocycles. The number of aliphatic hydroxyl groups is 1. The first-order chi connectivity index (χ1) is 18.1. The van der Waals surface area contributed by atoms with Crippen LogP contribution in [0.3, 0.4) is 0 Å². The topological polar surface area (TPSA) is 132 Å². The summed E-state index contributed by atoms with van der Waals surface area (Å²) in [5, 5.41) is 23.0. The lowest BCUT2D eigenvalue weighted by Gasteiger charge is -2.58. The van der Waals surface area contributed by atoms with Crippen LogP contribution in [-0.4, -0.2) is 64.9 Å². The van der Waals surface area contributed by atoms with E-state index in [9.17, 15) is 19.8 Å². The van der Waals surface area contributed by atoms with Gasteiger partial charge in [-0.1, -0.05) is 36.4 Å². The normalized spacial score (nSPS) is 28.7. The SMILES string of the molecule is Cc1ccc(O)c2c1C13CCN(C)[C@H](C)[C@]1(O)CC=C(OC(=O)[C@H](OC(=O)CCN)c1ccccc1)C3O2. The third kappa shape index (κ3) is 3.88. The van der Waals surface area contributed by atoms with Gasteiger partial charge in [0, 0.05) is 30.1 Å². The number of aromatic hydroxyl groups is 1. The number of ether oxygens (including phenoxy) is 3. The average molecular weight is 523 g/mol. The number of fused-ring (bicyclic) bond motifs is 1. The highest BCUT2D eigenvalue weighted by molar-refractivity contribution is 5.82. The monoisotopic (exact) mass is 522 g/mol. The van der Waals surface area contributed by atoms with Gasteiger partial charge in [0.1, 0.15) is 5.76 Å². The van der Waals surface area contributed by atoms with E-state index in [1.165, 1.54) is 0 Å². The van der Waals surface area contributed by atoms with Gasteiger partial charge in [-0.25, -0.2) is 4.79 Å². The second-order valence-corrected chi connectivity index (χ2v) is 10.5. The van der Waals surface area contributed by atoms with Crippen molar-refractivity contribution in [1.82, 2.24) is 4.90 Å². The molecule has 202 valence electrons. The first kappa shape index (κ1) is 26.2. The maximum atomic E-state index is 13.6. The predicted molar refractivity (Wildman–Crippen MR) is 138 cm³/mol. The average Bonchev–Trinajstić information content (AvgIpc) is 3.27. The zero-order chi connectivity index (χ0) is 27.2. The molecule has 2 unspecified atom stereocenters. The number of piperidine rings is 1. The number of likely N-dealkylation sites (N-methyl/N-ethyl adjacent to an activating group) is 1. The molecular weight excluding hydrogens is 488 g/mol. The summed E-state index contributed by atoms with van der Waals surface area (Å²) in [6.45, 7) is 4.66. The summed E-state index contributed by atoms with van der Waals surface area (Å²) in [6.07, 6.45) is 0.203. The molecule has 1 spiro atoms. The Morgan fingerprint density at radius 2 is 1.97 bits per heavy atom. The minimum atomic E-state index is -1.30. The zero-order valence-electron chi connectivity index (χ0n) is 21.8. The van der Waals surface area contributed by atoms with Gasteiger partial charge in [0.15, 0.2) is 17.6 Å². The molecule has 1 saturated heterocycles. The first-order valence-electron chi connectivity index (χ1n) is 12.9. The number of nitrogens with two attached hydrogens (primary N) is 1. The zero-order valence-corrected chi connectivity index (χ0v) is 21.8. The summed E-state index contributed by atoms with van der Waals surface area (Å²) >= 11 is 0. The molecule has 0 bridgehead atoms. The van der Waals surface area contributed by atoms with Crippen molar-refractivity contribution < 1.29 is 34.0 Å². The van der Waals surface area contributed by atoms with E-state index in [4.69, 9.17) is 19.9 Å². The number of hydrogen-bond acceptors (Lipinski definition) is 9. The highest BCUT2D eigenvalue weighted by atomic mass is 16.6. The molecule has 9 nitrogen and oxygen atoms in total. The molecule has 2 heterocycles. The van der Waals surface area contributed by atoms with Gasteiger partial charge in [-0.15, -0.1) is 0 Å². The van der Waals surface area contributed by atoms with Crippen LogP contribution in [0, 0.1) is 6.92 Å². The van der Waals surface area contributed by atoms with Crippen LogP contribution < -0.4 is 10.5 Å². The molecule has 2 aromatic rings. The van der Waals surface area contributed by atoms with Crippen molar-refractivity contribution in [2.24, 2.45) is 5.73 Å². The Balaban J connectivity index is 1.55. The molecule has 0 amide bonds. The molecule has 4 N–H and O–H groups in total. The van der Waals surface area contributed by atoms with Crippen LogP contribution in [0.2, 0.25) is 0 Å². The van der Waals surface area contributed by atoms with E-state index in [1.54, 1.807) is 42.5 Å². The summed E-state index contributed by atoms with van der Waals surface area (Å²) in [5.41, 5.74) is 5.36. The summed E-state index contributed by atoms with van der Waals surface area (Å²) < 4.78 is 17.8. The van der Waals surface area contributed by atoms with Gasteiger partial charge < -0.3 is 35.1 Å². The number of rotatable bonds is 6. The molecule has 5 atom stereocenters. The summed E-state index contributed by atoms with van der Waals surface area (Å²) in [6, 6.07) is 11.8. The van der Waals surface area contributed by atoms with Gasteiger partial charge in [-0.3, -0.25) is 4.79 Å². The van der Waals surface area contributed by atoms with E-state index >= 15 is 0 Å². The lowest BCUT2D eigenvalue weighted by atomic mass is 9.54. The molecule has 0 radical (unpaired) electrons.